The molecule has 3 rings (SSSR count). The van der Waals surface area contributed by atoms with Crippen LogP contribution in [0.1, 0.15) is 31.0 Å². The quantitative estimate of drug-likeness (QED) is 0.848. The molecule has 1 aromatic carbocycles. The van der Waals surface area contributed by atoms with Gasteiger partial charge < -0.3 is 4.90 Å². The van der Waals surface area contributed by atoms with E-state index in [-0.39, 0.29) is 11.9 Å². The molecular formula is C20H25N3O. The minimum Gasteiger partial charge on any atom is -0.334 e. The summed E-state index contributed by atoms with van der Waals surface area (Å²) in [6.45, 7) is 5.39. The van der Waals surface area contributed by atoms with Crippen LogP contribution in [0.5, 0.6) is 0 Å². The fraction of sp³-hybridized carbons (Fsp3) is 0.400. The lowest BCUT2D eigenvalue weighted by molar-refractivity contribution is -0.133. The van der Waals surface area contributed by atoms with Crippen LogP contribution < -0.4 is 0 Å². The maximum atomic E-state index is 12.7. The van der Waals surface area contributed by atoms with Crippen LogP contribution in [0.15, 0.2) is 54.7 Å². The minimum atomic E-state index is 0.254. The molecule has 0 unspecified atom stereocenters. The van der Waals surface area contributed by atoms with E-state index in [0.717, 1.165) is 31.7 Å². The lowest BCUT2D eigenvalue weighted by atomic mass is 10.1. The summed E-state index contributed by atoms with van der Waals surface area (Å²) in [5.41, 5.74) is 2.26. The van der Waals surface area contributed by atoms with Gasteiger partial charge in [0, 0.05) is 44.8 Å². The maximum absolute atomic E-state index is 12.7. The van der Waals surface area contributed by atoms with Gasteiger partial charge in [-0.15, -0.1) is 0 Å². The molecule has 24 heavy (non-hydrogen) atoms. The molecule has 1 aliphatic rings. The molecule has 0 spiro atoms. The van der Waals surface area contributed by atoms with Gasteiger partial charge in [-0.25, -0.2) is 0 Å². The molecule has 1 fully saturated rings. The SMILES string of the molecule is CC[C@@H]1CN(Cc2ccccn2)CCC(=O)N1Cc1ccccc1. The number of carbonyl (C=O) groups excluding carboxylic acids is 1. The van der Waals surface area contributed by atoms with E-state index in [1.165, 1.54) is 5.56 Å². The summed E-state index contributed by atoms with van der Waals surface area (Å²) in [5.74, 6) is 0.259. The fourth-order valence-electron chi connectivity index (χ4n) is 3.30. The van der Waals surface area contributed by atoms with Crippen molar-refractivity contribution in [1.82, 2.24) is 14.8 Å². The zero-order chi connectivity index (χ0) is 16.8. The standard InChI is InChI=1S/C20H25N3O/c1-2-19-16-22(15-18-10-6-7-12-21-18)13-11-20(24)23(19)14-17-8-4-3-5-9-17/h3-10,12,19H,2,11,13-16H2,1H3/t19-/m1/s1. The van der Waals surface area contributed by atoms with Crippen molar-refractivity contribution < 1.29 is 4.79 Å². The number of aromatic nitrogens is 1. The smallest absolute Gasteiger partial charge is 0.224 e. The molecule has 1 aliphatic heterocycles. The largest absolute Gasteiger partial charge is 0.334 e. The number of benzene rings is 1. The van der Waals surface area contributed by atoms with Crippen LogP contribution in [0, 0.1) is 0 Å². The highest BCUT2D eigenvalue weighted by molar-refractivity contribution is 5.77. The van der Waals surface area contributed by atoms with E-state index >= 15 is 0 Å². The van der Waals surface area contributed by atoms with Gasteiger partial charge in [-0.3, -0.25) is 14.7 Å². The van der Waals surface area contributed by atoms with Gasteiger partial charge in [-0.2, -0.15) is 0 Å². The average molecular weight is 323 g/mol. The molecule has 0 radical (unpaired) electrons. The predicted octanol–water partition coefficient (Wildman–Crippen LogP) is 3.09. The second kappa shape index (κ2) is 8.06. The molecule has 0 saturated carbocycles. The highest BCUT2D eigenvalue weighted by Gasteiger charge is 2.28. The van der Waals surface area contributed by atoms with Crippen molar-refractivity contribution in [3.05, 3.63) is 66.0 Å². The van der Waals surface area contributed by atoms with E-state index in [4.69, 9.17) is 0 Å². The Bertz CT molecular complexity index is 644. The Labute approximate surface area is 144 Å². The van der Waals surface area contributed by atoms with E-state index in [1.807, 2.05) is 36.5 Å². The summed E-state index contributed by atoms with van der Waals surface area (Å²) in [7, 11) is 0. The fourth-order valence-corrected chi connectivity index (χ4v) is 3.30. The van der Waals surface area contributed by atoms with Crippen LogP contribution in [0.2, 0.25) is 0 Å². The van der Waals surface area contributed by atoms with Crippen LogP contribution >= 0.6 is 0 Å². The first-order valence-corrected chi connectivity index (χ1v) is 8.72. The zero-order valence-electron chi connectivity index (χ0n) is 14.3. The molecule has 1 atom stereocenters. The molecule has 2 heterocycles. The van der Waals surface area contributed by atoms with Gasteiger partial charge in [0.25, 0.3) is 0 Å². The number of rotatable bonds is 5. The molecule has 1 saturated heterocycles. The summed E-state index contributed by atoms with van der Waals surface area (Å²) < 4.78 is 0. The van der Waals surface area contributed by atoms with E-state index in [2.05, 4.69) is 39.9 Å². The first-order chi connectivity index (χ1) is 11.8. The molecule has 1 amide bonds. The molecule has 2 aromatic rings. The van der Waals surface area contributed by atoms with Crippen LogP contribution in [-0.4, -0.2) is 39.8 Å². The van der Waals surface area contributed by atoms with Crippen molar-refractivity contribution in [2.45, 2.75) is 38.9 Å². The van der Waals surface area contributed by atoms with Crippen LogP contribution in [0.4, 0.5) is 0 Å². The molecular weight excluding hydrogens is 298 g/mol. The lowest BCUT2D eigenvalue weighted by Crippen LogP contribution is -2.42. The average Bonchev–Trinajstić information content (AvgIpc) is 2.77. The number of hydrogen-bond donors (Lipinski definition) is 0. The van der Waals surface area contributed by atoms with Gasteiger partial charge in [-0.05, 0) is 24.1 Å². The summed E-state index contributed by atoms with van der Waals surface area (Å²) in [6.07, 6.45) is 3.38. The maximum Gasteiger partial charge on any atom is 0.224 e. The molecule has 0 bridgehead atoms. The highest BCUT2D eigenvalue weighted by atomic mass is 16.2. The molecule has 0 N–H and O–H groups in total. The third-order valence-electron chi connectivity index (χ3n) is 4.65. The topological polar surface area (TPSA) is 36.4 Å². The van der Waals surface area contributed by atoms with E-state index in [0.29, 0.717) is 13.0 Å². The van der Waals surface area contributed by atoms with Crippen molar-refractivity contribution in [1.29, 1.82) is 0 Å². The summed E-state index contributed by atoms with van der Waals surface area (Å²) in [6, 6.07) is 16.5. The van der Waals surface area contributed by atoms with E-state index in [9.17, 15) is 4.79 Å². The van der Waals surface area contributed by atoms with E-state index in [1.54, 1.807) is 0 Å². The summed E-state index contributed by atoms with van der Waals surface area (Å²) in [4.78, 5) is 21.5. The highest BCUT2D eigenvalue weighted by Crippen LogP contribution is 2.18. The zero-order valence-corrected chi connectivity index (χ0v) is 14.3. The van der Waals surface area contributed by atoms with Gasteiger partial charge in [-0.1, -0.05) is 43.3 Å². The summed E-state index contributed by atoms with van der Waals surface area (Å²) >= 11 is 0. The number of amides is 1. The van der Waals surface area contributed by atoms with Crippen molar-refractivity contribution >= 4 is 5.91 Å². The third-order valence-corrected chi connectivity index (χ3v) is 4.65. The molecule has 4 heteroatoms. The third kappa shape index (κ3) is 4.20. The van der Waals surface area contributed by atoms with Crippen molar-refractivity contribution in [3.8, 4) is 0 Å². The first-order valence-electron chi connectivity index (χ1n) is 8.72. The molecule has 4 nitrogen and oxygen atoms in total. The summed E-state index contributed by atoms with van der Waals surface area (Å²) in [5, 5.41) is 0. The number of hydrogen-bond acceptors (Lipinski definition) is 3. The van der Waals surface area contributed by atoms with E-state index < -0.39 is 0 Å². The van der Waals surface area contributed by atoms with Gasteiger partial charge in [0.1, 0.15) is 0 Å². The first kappa shape index (κ1) is 16.7. The van der Waals surface area contributed by atoms with Crippen LogP contribution in [-0.2, 0) is 17.9 Å². The van der Waals surface area contributed by atoms with Crippen LogP contribution in [0.25, 0.3) is 0 Å². The molecule has 0 aliphatic carbocycles. The van der Waals surface area contributed by atoms with Gasteiger partial charge in [0.05, 0.1) is 5.69 Å². The van der Waals surface area contributed by atoms with Crippen LogP contribution in [0.3, 0.4) is 0 Å². The van der Waals surface area contributed by atoms with Crippen molar-refractivity contribution in [3.63, 3.8) is 0 Å². The van der Waals surface area contributed by atoms with Crippen molar-refractivity contribution in [2.24, 2.45) is 0 Å². The number of nitrogens with zero attached hydrogens (tertiary/aromatic N) is 3. The second-order valence-electron chi connectivity index (χ2n) is 6.38. The van der Waals surface area contributed by atoms with Gasteiger partial charge in [0.15, 0.2) is 0 Å². The van der Waals surface area contributed by atoms with Gasteiger partial charge >= 0.3 is 0 Å². The Morgan fingerprint density at radius 2 is 1.88 bits per heavy atom. The van der Waals surface area contributed by atoms with Gasteiger partial charge in [0.2, 0.25) is 5.91 Å². The number of carbonyl (C=O) groups is 1. The second-order valence-corrected chi connectivity index (χ2v) is 6.38. The number of pyridine rings is 1. The predicted molar refractivity (Wildman–Crippen MR) is 95.2 cm³/mol. The monoisotopic (exact) mass is 323 g/mol. The Morgan fingerprint density at radius 1 is 1.08 bits per heavy atom. The van der Waals surface area contributed by atoms with Crippen molar-refractivity contribution in [2.75, 3.05) is 13.1 Å². The Hall–Kier alpha value is -2.20. The Balaban J connectivity index is 1.71. The minimum absolute atomic E-state index is 0.254. The lowest BCUT2D eigenvalue weighted by Gasteiger charge is -2.31. The molecule has 1 aromatic heterocycles. The Kier molecular flexibility index (Phi) is 5.59. The normalized spacial score (nSPS) is 19.3. The Morgan fingerprint density at radius 3 is 2.58 bits per heavy atom. The molecule has 126 valence electrons.